The molecule has 28 heavy (non-hydrogen) atoms. The van der Waals surface area contributed by atoms with Crippen molar-refractivity contribution in [1.29, 1.82) is 0 Å². The van der Waals surface area contributed by atoms with Gasteiger partial charge in [-0.15, -0.1) is 0 Å². The molecule has 0 bridgehead atoms. The molecule has 6 nitrogen and oxygen atoms in total. The molecule has 0 fully saturated rings. The van der Waals surface area contributed by atoms with Crippen molar-refractivity contribution in [1.82, 2.24) is 4.98 Å². The van der Waals surface area contributed by atoms with Crippen LogP contribution in [0.5, 0.6) is 11.5 Å². The van der Waals surface area contributed by atoms with Crippen molar-refractivity contribution in [2.45, 2.75) is 13.8 Å². The van der Waals surface area contributed by atoms with Crippen LogP contribution in [-0.4, -0.2) is 25.1 Å². The van der Waals surface area contributed by atoms with Gasteiger partial charge in [0.2, 0.25) is 0 Å². The van der Waals surface area contributed by atoms with Crippen LogP contribution >= 0.6 is 0 Å². The molecule has 1 aromatic heterocycles. The first-order valence-electron chi connectivity index (χ1n) is 8.83. The van der Waals surface area contributed by atoms with E-state index in [9.17, 15) is 4.79 Å². The Balaban J connectivity index is 1.72. The molecule has 0 spiro atoms. The molecule has 6 heteroatoms. The van der Waals surface area contributed by atoms with Crippen molar-refractivity contribution in [3.05, 3.63) is 71.4 Å². The van der Waals surface area contributed by atoms with Crippen LogP contribution in [0.4, 0.5) is 17.2 Å². The highest BCUT2D eigenvalue weighted by molar-refractivity contribution is 6.05. The maximum Gasteiger partial charge on any atom is 0.257 e. The maximum atomic E-state index is 12.5. The minimum atomic E-state index is -0.270. The normalized spacial score (nSPS) is 10.3. The molecule has 0 saturated heterocycles. The zero-order valence-electron chi connectivity index (χ0n) is 16.4. The fourth-order valence-electron chi connectivity index (χ4n) is 2.89. The van der Waals surface area contributed by atoms with Gasteiger partial charge in [-0.3, -0.25) is 4.79 Å². The van der Waals surface area contributed by atoms with Crippen LogP contribution in [0.15, 0.2) is 54.7 Å². The summed E-state index contributed by atoms with van der Waals surface area (Å²) in [6.45, 7) is 4.10. The molecular formula is C22H23N3O3. The molecular weight excluding hydrogens is 354 g/mol. The van der Waals surface area contributed by atoms with Gasteiger partial charge in [-0.2, -0.15) is 0 Å². The largest absolute Gasteiger partial charge is 0.497 e. The number of benzene rings is 2. The number of carbonyl (C=O) groups is 1. The molecule has 0 saturated carbocycles. The summed E-state index contributed by atoms with van der Waals surface area (Å²) in [5.41, 5.74) is 4.32. The summed E-state index contributed by atoms with van der Waals surface area (Å²) in [6, 6.07) is 14.9. The number of nitrogens with zero attached hydrogens (tertiary/aromatic N) is 1. The molecule has 0 radical (unpaired) electrons. The molecule has 0 aliphatic heterocycles. The molecule has 1 heterocycles. The number of ether oxygens (including phenoxy) is 2. The van der Waals surface area contributed by atoms with E-state index >= 15 is 0 Å². The van der Waals surface area contributed by atoms with E-state index in [0.717, 1.165) is 5.69 Å². The third-order valence-electron chi connectivity index (χ3n) is 4.18. The second-order valence-electron chi connectivity index (χ2n) is 6.45. The van der Waals surface area contributed by atoms with E-state index < -0.39 is 0 Å². The van der Waals surface area contributed by atoms with Gasteiger partial charge < -0.3 is 20.1 Å². The fourth-order valence-corrected chi connectivity index (χ4v) is 2.89. The van der Waals surface area contributed by atoms with E-state index in [2.05, 4.69) is 21.7 Å². The lowest BCUT2D eigenvalue weighted by molar-refractivity contribution is 0.102. The van der Waals surface area contributed by atoms with Crippen molar-refractivity contribution >= 4 is 23.1 Å². The number of carbonyl (C=O) groups excluding carboxylic acids is 1. The molecule has 0 atom stereocenters. The molecule has 2 aromatic carbocycles. The van der Waals surface area contributed by atoms with Crippen molar-refractivity contribution in [3.8, 4) is 11.5 Å². The fraction of sp³-hybridized carbons (Fsp3) is 0.182. The highest BCUT2D eigenvalue weighted by Crippen LogP contribution is 2.29. The van der Waals surface area contributed by atoms with Crippen LogP contribution in [-0.2, 0) is 0 Å². The third-order valence-corrected chi connectivity index (χ3v) is 4.18. The topological polar surface area (TPSA) is 72.5 Å². The Morgan fingerprint density at radius 1 is 0.929 bits per heavy atom. The predicted octanol–water partition coefficient (Wildman–Crippen LogP) is 4.71. The first-order chi connectivity index (χ1) is 13.5. The molecule has 0 unspecified atom stereocenters. The summed E-state index contributed by atoms with van der Waals surface area (Å²) in [6.07, 6.45) is 1.54. The standard InChI is InChI=1S/C22H23N3O3/c1-14-9-15(2)11-17(10-14)24-21-8-5-16(13-23-21)22(26)25-19-7-6-18(27-3)12-20(19)28-4/h5-13H,1-4H3,(H,23,24)(H,25,26). The number of anilines is 3. The monoisotopic (exact) mass is 377 g/mol. The first-order valence-corrected chi connectivity index (χ1v) is 8.83. The van der Waals surface area contributed by atoms with E-state index in [-0.39, 0.29) is 5.91 Å². The Labute approximate surface area is 164 Å². The quantitative estimate of drug-likeness (QED) is 0.651. The highest BCUT2D eigenvalue weighted by atomic mass is 16.5. The van der Waals surface area contributed by atoms with Crippen LogP contribution in [0.25, 0.3) is 0 Å². The average Bonchev–Trinajstić information content (AvgIpc) is 2.68. The van der Waals surface area contributed by atoms with Gasteiger partial charge in [0.25, 0.3) is 5.91 Å². The minimum Gasteiger partial charge on any atom is -0.497 e. The molecule has 0 aliphatic carbocycles. The van der Waals surface area contributed by atoms with Crippen LogP contribution < -0.4 is 20.1 Å². The number of nitrogens with one attached hydrogen (secondary N) is 2. The molecule has 3 rings (SSSR count). The average molecular weight is 377 g/mol. The lowest BCUT2D eigenvalue weighted by Crippen LogP contribution is -2.13. The number of aromatic nitrogens is 1. The summed E-state index contributed by atoms with van der Waals surface area (Å²) >= 11 is 0. The zero-order chi connectivity index (χ0) is 20.1. The lowest BCUT2D eigenvalue weighted by atomic mass is 10.1. The Kier molecular flexibility index (Phi) is 5.79. The second kappa shape index (κ2) is 8.43. The first kappa shape index (κ1) is 19.2. The summed E-state index contributed by atoms with van der Waals surface area (Å²) < 4.78 is 10.5. The van der Waals surface area contributed by atoms with Gasteiger partial charge in [0.05, 0.1) is 25.5 Å². The van der Waals surface area contributed by atoms with Crippen molar-refractivity contribution in [3.63, 3.8) is 0 Å². The Morgan fingerprint density at radius 2 is 1.68 bits per heavy atom. The van der Waals surface area contributed by atoms with Crippen molar-refractivity contribution in [2.75, 3.05) is 24.9 Å². The van der Waals surface area contributed by atoms with Crippen molar-refractivity contribution < 1.29 is 14.3 Å². The highest BCUT2D eigenvalue weighted by Gasteiger charge is 2.11. The maximum absolute atomic E-state index is 12.5. The molecule has 144 valence electrons. The van der Waals surface area contributed by atoms with Crippen LogP contribution in [0.2, 0.25) is 0 Å². The number of aryl methyl sites for hydroxylation is 2. The Hall–Kier alpha value is -3.54. The van der Waals surface area contributed by atoms with Crippen LogP contribution in [0.1, 0.15) is 21.5 Å². The van der Waals surface area contributed by atoms with Gasteiger partial charge in [-0.1, -0.05) is 6.07 Å². The SMILES string of the molecule is COc1ccc(NC(=O)c2ccc(Nc3cc(C)cc(C)c3)nc2)c(OC)c1. The Bertz CT molecular complexity index is 965. The van der Waals surface area contributed by atoms with Gasteiger partial charge in [0.15, 0.2) is 0 Å². The number of pyridine rings is 1. The Morgan fingerprint density at radius 3 is 2.29 bits per heavy atom. The van der Waals surface area contributed by atoms with Gasteiger partial charge in [-0.05, 0) is 61.4 Å². The van der Waals surface area contributed by atoms with Gasteiger partial charge in [-0.25, -0.2) is 4.98 Å². The third kappa shape index (κ3) is 4.59. The van der Waals surface area contributed by atoms with E-state index in [1.54, 1.807) is 44.6 Å². The summed E-state index contributed by atoms with van der Waals surface area (Å²) in [4.78, 5) is 16.9. The molecule has 3 aromatic rings. The molecule has 0 aliphatic rings. The number of hydrogen-bond donors (Lipinski definition) is 2. The van der Waals surface area contributed by atoms with E-state index in [1.165, 1.54) is 17.3 Å². The second-order valence-corrected chi connectivity index (χ2v) is 6.45. The number of amides is 1. The van der Waals surface area contributed by atoms with Gasteiger partial charge in [0.1, 0.15) is 17.3 Å². The van der Waals surface area contributed by atoms with E-state index in [1.807, 2.05) is 26.0 Å². The van der Waals surface area contributed by atoms with Gasteiger partial charge in [0, 0.05) is 18.0 Å². The lowest BCUT2D eigenvalue weighted by Gasteiger charge is -2.12. The number of rotatable bonds is 6. The molecule has 1 amide bonds. The molecule has 2 N–H and O–H groups in total. The van der Waals surface area contributed by atoms with E-state index in [4.69, 9.17) is 9.47 Å². The smallest absolute Gasteiger partial charge is 0.257 e. The van der Waals surface area contributed by atoms with Crippen LogP contribution in [0, 0.1) is 13.8 Å². The number of hydrogen-bond acceptors (Lipinski definition) is 5. The van der Waals surface area contributed by atoms with Crippen molar-refractivity contribution in [2.24, 2.45) is 0 Å². The summed E-state index contributed by atoms with van der Waals surface area (Å²) in [5.74, 6) is 1.57. The number of methoxy groups -OCH3 is 2. The predicted molar refractivity (Wildman–Crippen MR) is 111 cm³/mol. The van der Waals surface area contributed by atoms with E-state index in [0.29, 0.717) is 28.6 Å². The van der Waals surface area contributed by atoms with Gasteiger partial charge >= 0.3 is 0 Å². The zero-order valence-corrected chi connectivity index (χ0v) is 16.4. The van der Waals surface area contributed by atoms with Crippen LogP contribution in [0.3, 0.4) is 0 Å². The summed E-state index contributed by atoms with van der Waals surface area (Å²) in [5, 5.41) is 6.09. The summed E-state index contributed by atoms with van der Waals surface area (Å²) in [7, 11) is 3.12. The minimum absolute atomic E-state index is 0.270.